The summed E-state index contributed by atoms with van der Waals surface area (Å²) in [6.45, 7) is 4.72. The molecule has 1 unspecified atom stereocenters. The predicted octanol–water partition coefficient (Wildman–Crippen LogP) is 23.9. The number of fused-ring (bicyclic) bond motifs is 9. The van der Waals surface area contributed by atoms with Crippen LogP contribution in [0.1, 0.15) is 37.0 Å². The Bertz CT molecular complexity index is 5060. The lowest BCUT2D eigenvalue weighted by molar-refractivity contribution is 0.279. The molecule has 3 aliphatic rings. The van der Waals surface area contributed by atoms with Crippen LogP contribution in [0.25, 0.3) is 105 Å². The van der Waals surface area contributed by atoms with E-state index in [-0.39, 0.29) is 11.5 Å². The zero-order chi connectivity index (χ0) is 60.6. The van der Waals surface area contributed by atoms with Crippen LogP contribution < -0.4 is 14.5 Å². The molecule has 14 aromatic rings. The number of rotatable bonds is 12. The van der Waals surface area contributed by atoms with E-state index in [1.165, 1.54) is 61.2 Å². The highest BCUT2D eigenvalue weighted by Gasteiger charge is 2.38. The predicted molar refractivity (Wildman–Crippen MR) is 379 cm³/mol. The molecule has 0 N–H and O–H groups in total. The van der Waals surface area contributed by atoms with Gasteiger partial charge >= 0.3 is 0 Å². The van der Waals surface area contributed by atoms with Crippen LogP contribution in [-0.2, 0) is 5.41 Å². The zero-order valence-corrected chi connectivity index (χ0v) is 50.6. The zero-order valence-electron chi connectivity index (χ0n) is 50.6. The van der Waals surface area contributed by atoms with Gasteiger partial charge in [0.15, 0.2) is 0 Å². The van der Waals surface area contributed by atoms with Gasteiger partial charge in [0.2, 0.25) is 0 Å². The fourth-order valence-electron chi connectivity index (χ4n) is 14.6. The molecule has 0 spiro atoms. The third kappa shape index (κ3) is 9.21. The van der Waals surface area contributed by atoms with Gasteiger partial charge in [-0.05, 0) is 163 Å². The molecule has 0 amide bonds. The first-order valence-corrected chi connectivity index (χ1v) is 31.6. The van der Waals surface area contributed by atoms with Gasteiger partial charge in [0, 0.05) is 78.9 Å². The number of hydrogen-bond acceptors (Lipinski definition) is 4. The SMILES string of the molecule is CC1(C)c2ccccc2-c2c(N(c3ccc(-c4ccccc4)cc3)c3ccc(-c4c(-c5ccc6oc7ccccc7c6c5-c5ccc(N(c6ccc(-c7ccccc7)cc6)c6ccc(-c7ccccc7)cc6)cc5)ccc5c4C4=CC=CCC4O5)cc3)cccc21. The second-order valence-corrected chi connectivity index (χ2v) is 24.6. The molecule has 1 aromatic heterocycles. The van der Waals surface area contributed by atoms with Crippen molar-refractivity contribution in [3.05, 3.63) is 338 Å². The van der Waals surface area contributed by atoms with Gasteiger partial charge in [-0.25, -0.2) is 0 Å². The van der Waals surface area contributed by atoms with E-state index in [0.29, 0.717) is 0 Å². The van der Waals surface area contributed by atoms with Gasteiger partial charge < -0.3 is 19.0 Å². The summed E-state index contributed by atoms with van der Waals surface area (Å²) in [4.78, 5) is 4.82. The Hall–Kier alpha value is -11.5. The monoisotopic (exact) mass is 1170 g/mol. The largest absolute Gasteiger partial charge is 0.485 e. The Morgan fingerprint density at radius 1 is 0.341 bits per heavy atom. The molecule has 432 valence electrons. The third-order valence-corrected chi connectivity index (χ3v) is 19.0. The van der Waals surface area contributed by atoms with Crippen LogP contribution in [0.2, 0.25) is 0 Å². The molecule has 0 fully saturated rings. The van der Waals surface area contributed by atoms with Gasteiger partial charge in [-0.3, -0.25) is 0 Å². The highest BCUT2D eigenvalue weighted by atomic mass is 16.5. The lowest BCUT2D eigenvalue weighted by Gasteiger charge is -2.29. The molecule has 0 radical (unpaired) electrons. The lowest BCUT2D eigenvalue weighted by Crippen LogP contribution is -2.16. The van der Waals surface area contributed by atoms with Gasteiger partial charge in [0.1, 0.15) is 23.0 Å². The number of hydrogen-bond donors (Lipinski definition) is 0. The number of anilines is 6. The molecular weight excluding hydrogens is 1100 g/mol. The molecular formula is C87H62N2O2. The van der Waals surface area contributed by atoms with Crippen molar-refractivity contribution >= 4 is 61.6 Å². The summed E-state index contributed by atoms with van der Waals surface area (Å²) in [6, 6.07) is 110. The Balaban J connectivity index is 0.828. The van der Waals surface area contributed by atoms with Gasteiger partial charge in [-0.1, -0.05) is 244 Å². The molecule has 0 bridgehead atoms. The van der Waals surface area contributed by atoms with Crippen molar-refractivity contribution < 1.29 is 9.15 Å². The summed E-state index contributed by atoms with van der Waals surface area (Å²) in [5, 5.41) is 2.15. The first-order valence-electron chi connectivity index (χ1n) is 31.6. The standard InChI is InChI=1S/C87H62N2O2/c1-87(2)75-28-15-12-25-72(75)84-76(87)29-18-30-77(84)89(68-47-37-62(38-48-68)59-23-10-5-11-24-59)69-51-41-64(42-52-69)83-71(54-56-81-86(83)74-27-14-17-32-79(74)91-81)70-53-55-80-85(73-26-13-16-31-78(73)90-80)82(70)63-39-49-67(50-40-63)88(65-43-33-60(34-44-65)57-19-6-3-7-20-57)66-45-35-61(36-46-66)58-21-8-4-9-22-58/h3-31,33-56,79H,32H2,1-2H3. The van der Waals surface area contributed by atoms with E-state index in [1.807, 2.05) is 0 Å². The Kier molecular flexibility index (Phi) is 13.0. The number of furan rings is 1. The Morgan fingerprint density at radius 3 is 1.38 bits per heavy atom. The van der Waals surface area contributed by atoms with E-state index >= 15 is 0 Å². The quantitative estimate of drug-likeness (QED) is 0.122. The van der Waals surface area contributed by atoms with Crippen LogP contribution in [0.3, 0.4) is 0 Å². The van der Waals surface area contributed by atoms with E-state index in [2.05, 4.69) is 345 Å². The maximum Gasteiger partial charge on any atom is 0.136 e. The Morgan fingerprint density at radius 2 is 0.802 bits per heavy atom. The van der Waals surface area contributed by atoms with Gasteiger partial charge in [0.25, 0.3) is 0 Å². The fraction of sp³-hybridized carbons (Fsp3) is 0.0575. The van der Waals surface area contributed by atoms with Crippen molar-refractivity contribution in [1.29, 1.82) is 0 Å². The number of ether oxygens (including phenoxy) is 1. The summed E-state index contributed by atoms with van der Waals surface area (Å²) < 4.78 is 13.7. The second-order valence-electron chi connectivity index (χ2n) is 24.6. The van der Waals surface area contributed by atoms with Crippen LogP contribution in [0.5, 0.6) is 5.75 Å². The maximum absolute atomic E-state index is 6.92. The second kappa shape index (κ2) is 22.0. The molecule has 4 heteroatoms. The minimum Gasteiger partial charge on any atom is -0.485 e. The Labute approximate surface area is 531 Å². The number of benzene rings is 13. The van der Waals surface area contributed by atoms with Crippen molar-refractivity contribution in [2.75, 3.05) is 9.80 Å². The molecule has 2 heterocycles. The third-order valence-electron chi connectivity index (χ3n) is 19.0. The molecule has 91 heavy (non-hydrogen) atoms. The summed E-state index contributed by atoms with van der Waals surface area (Å²) in [6.07, 6.45) is 7.41. The van der Waals surface area contributed by atoms with Crippen LogP contribution >= 0.6 is 0 Å². The summed E-state index contributed by atoms with van der Waals surface area (Å²) >= 11 is 0. The minimum atomic E-state index is -0.166. The highest BCUT2D eigenvalue weighted by Crippen LogP contribution is 2.56. The van der Waals surface area contributed by atoms with Crippen LogP contribution in [0.15, 0.2) is 326 Å². The molecule has 17 rings (SSSR count). The van der Waals surface area contributed by atoms with Crippen molar-refractivity contribution in [3.8, 4) is 83.6 Å². The average molecular weight is 1170 g/mol. The highest BCUT2D eigenvalue weighted by molar-refractivity contribution is 6.17. The van der Waals surface area contributed by atoms with E-state index in [4.69, 9.17) is 9.15 Å². The first kappa shape index (κ1) is 53.8. The summed E-state index contributed by atoms with van der Waals surface area (Å²) in [7, 11) is 0. The van der Waals surface area contributed by atoms with Gasteiger partial charge in [-0.2, -0.15) is 0 Å². The number of nitrogens with zero attached hydrogens (tertiary/aromatic N) is 2. The molecule has 0 saturated heterocycles. The van der Waals surface area contributed by atoms with Gasteiger partial charge in [-0.15, -0.1) is 0 Å². The van der Waals surface area contributed by atoms with Gasteiger partial charge in [0.05, 0.1) is 5.69 Å². The average Bonchev–Trinajstić information content (AvgIpc) is 1.65. The van der Waals surface area contributed by atoms with E-state index in [0.717, 1.165) is 107 Å². The minimum absolute atomic E-state index is 0.0748. The topological polar surface area (TPSA) is 28.9 Å². The van der Waals surface area contributed by atoms with Crippen molar-refractivity contribution in [1.82, 2.24) is 0 Å². The number of allylic oxidation sites excluding steroid dienone is 2. The van der Waals surface area contributed by atoms with Crippen LogP contribution in [0.4, 0.5) is 34.1 Å². The maximum atomic E-state index is 6.92. The van der Waals surface area contributed by atoms with Crippen molar-refractivity contribution in [2.24, 2.45) is 0 Å². The molecule has 1 atom stereocenters. The molecule has 4 nitrogen and oxygen atoms in total. The molecule has 1 aliphatic heterocycles. The van der Waals surface area contributed by atoms with E-state index in [1.54, 1.807) is 0 Å². The first-order chi connectivity index (χ1) is 44.9. The summed E-state index contributed by atoms with van der Waals surface area (Å²) in [5.74, 6) is 0.901. The van der Waals surface area contributed by atoms with E-state index in [9.17, 15) is 0 Å². The molecule has 2 aliphatic carbocycles. The molecule has 13 aromatic carbocycles. The summed E-state index contributed by atoms with van der Waals surface area (Å²) in [5.41, 5.74) is 29.3. The normalized spacial score (nSPS) is 14.1. The van der Waals surface area contributed by atoms with Crippen LogP contribution in [0, 0.1) is 0 Å². The number of para-hydroxylation sites is 1. The van der Waals surface area contributed by atoms with Crippen LogP contribution in [-0.4, -0.2) is 6.10 Å². The fourth-order valence-corrected chi connectivity index (χ4v) is 14.6. The molecule has 0 saturated carbocycles. The lowest BCUT2D eigenvalue weighted by atomic mass is 9.82. The van der Waals surface area contributed by atoms with Crippen molar-refractivity contribution in [2.45, 2.75) is 31.8 Å². The van der Waals surface area contributed by atoms with E-state index < -0.39 is 0 Å². The van der Waals surface area contributed by atoms with Crippen molar-refractivity contribution in [3.63, 3.8) is 0 Å². The smallest absolute Gasteiger partial charge is 0.136 e.